The lowest BCUT2D eigenvalue weighted by atomic mass is 10.2. The summed E-state index contributed by atoms with van der Waals surface area (Å²) in [7, 11) is 1.52. The lowest BCUT2D eigenvalue weighted by Gasteiger charge is -2.09. The summed E-state index contributed by atoms with van der Waals surface area (Å²) < 4.78 is 10.6. The van der Waals surface area contributed by atoms with E-state index in [9.17, 15) is 4.79 Å². The predicted molar refractivity (Wildman–Crippen MR) is 71.1 cm³/mol. The van der Waals surface area contributed by atoms with Crippen LogP contribution in [0.15, 0.2) is 23.6 Å². The molecule has 0 aliphatic heterocycles. The van der Waals surface area contributed by atoms with E-state index >= 15 is 0 Å². The molecule has 0 unspecified atom stereocenters. The third-order valence-electron chi connectivity index (χ3n) is 2.46. The Balaban J connectivity index is 2.19. The van der Waals surface area contributed by atoms with Crippen molar-refractivity contribution in [3.8, 4) is 11.5 Å². The highest BCUT2D eigenvalue weighted by Crippen LogP contribution is 2.25. The average Bonchev–Trinajstić information content (AvgIpc) is 2.81. The largest absolute Gasteiger partial charge is 0.497 e. The number of carbonyl (C=O) groups is 1. The smallest absolute Gasteiger partial charge is 0.339 e. The maximum absolute atomic E-state index is 11.1. The van der Waals surface area contributed by atoms with E-state index in [-0.39, 0.29) is 17.9 Å². The van der Waals surface area contributed by atoms with Gasteiger partial charge in [0.05, 0.1) is 17.8 Å². The molecule has 1 aromatic heterocycles. The fraction of sp³-hybridized carbons (Fsp3) is 0.231. The second kappa shape index (κ2) is 5.71. The summed E-state index contributed by atoms with van der Waals surface area (Å²) in [6.45, 7) is 2.14. The molecule has 0 radical (unpaired) electrons. The maximum atomic E-state index is 11.1. The standard InChI is InChI=1S/C13H13NO4S/c1-8-14-9(7-19-8)6-18-12-5-10(17-2)3-4-11(12)13(15)16/h3-5,7H,6H2,1-2H3,(H,15,16). The van der Waals surface area contributed by atoms with Crippen LogP contribution in [0.3, 0.4) is 0 Å². The number of ether oxygens (including phenoxy) is 2. The van der Waals surface area contributed by atoms with Crippen molar-refractivity contribution in [2.24, 2.45) is 0 Å². The van der Waals surface area contributed by atoms with Crippen LogP contribution in [0.5, 0.6) is 11.5 Å². The van der Waals surface area contributed by atoms with Gasteiger partial charge in [0.15, 0.2) is 0 Å². The van der Waals surface area contributed by atoms with E-state index < -0.39 is 5.97 Å². The lowest BCUT2D eigenvalue weighted by molar-refractivity contribution is 0.0691. The number of carboxylic acids is 1. The van der Waals surface area contributed by atoms with Gasteiger partial charge in [0.25, 0.3) is 0 Å². The van der Waals surface area contributed by atoms with E-state index in [0.717, 1.165) is 10.7 Å². The van der Waals surface area contributed by atoms with Crippen molar-refractivity contribution in [3.05, 3.63) is 39.8 Å². The molecule has 0 atom stereocenters. The van der Waals surface area contributed by atoms with Crippen molar-refractivity contribution in [2.75, 3.05) is 7.11 Å². The van der Waals surface area contributed by atoms with E-state index in [1.165, 1.54) is 24.5 Å². The van der Waals surface area contributed by atoms with Gasteiger partial charge in [-0.2, -0.15) is 0 Å². The van der Waals surface area contributed by atoms with Crippen LogP contribution in [0.2, 0.25) is 0 Å². The third kappa shape index (κ3) is 3.23. The highest BCUT2D eigenvalue weighted by atomic mass is 32.1. The molecule has 19 heavy (non-hydrogen) atoms. The van der Waals surface area contributed by atoms with Crippen LogP contribution in [0.1, 0.15) is 21.1 Å². The first-order chi connectivity index (χ1) is 9.10. The number of benzene rings is 1. The summed E-state index contributed by atoms with van der Waals surface area (Å²) >= 11 is 1.53. The van der Waals surface area contributed by atoms with E-state index in [2.05, 4.69) is 4.98 Å². The molecule has 0 amide bonds. The average molecular weight is 279 g/mol. The van der Waals surface area contributed by atoms with Gasteiger partial charge in [0.1, 0.15) is 23.7 Å². The number of aryl methyl sites for hydroxylation is 1. The van der Waals surface area contributed by atoms with E-state index in [1.54, 1.807) is 12.1 Å². The molecule has 1 N–H and O–H groups in total. The normalized spacial score (nSPS) is 10.2. The molecule has 0 fully saturated rings. The van der Waals surface area contributed by atoms with Crippen molar-refractivity contribution < 1.29 is 19.4 Å². The van der Waals surface area contributed by atoms with E-state index in [1.807, 2.05) is 12.3 Å². The van der Waals surface area contributed by atoms with E-state index in [0.29, 0.717) is 5.75 Å². The highest BCUT2D eigenvalue weighted by molar-refractivity contribution is 7.09. The van der Waals surface area contributed by atoms with Gasteiger partial charge >= 0.3 is 5.97 Å². The van der Waals surface area contributed by atoms with Gasteiger partial charge in [-0.3, -0.25) is 0 Å². The number of hydrogen-bond acceptors (Lipinski definition) is 5. The first-order valence-electron chi connectivity index (χ1n) is 5.55. The maximum Gasteiger partial charge on any atom is 0.339 e. The van der Waals surface area contributed by atoms with Gasteiger partial charge in [-0.15, -0.1) is 11.3 Å². The molecule has 0 bridgehead atoms. The second-order valence-electron chi connectivity index (χ2n) is 3.81. The Morgan fingerprint density at radius 2 is 2.26 bits per heavy atom. The number of thiazole rings is 1. The quantitative estimate of drug-likeness (QED) is 0.911. The zero-order valence-electron chi connectivity index (χ0n) is 10.5. The van der Waals surface area contributed by atoms with Crippen molar-refractivity contribution >= 4 is 17.3 Å². The zero-order chi connectivity index (χ0) is 13.8. The Morgan fingerprint density at radius 1 is 1.47 bits per heavy atom. The Hall–Kier alpha value is -2.08. The molecular weight excluding hydrogens is 266 g/mol. The molecule has 0 aliphatic carbocycles. The molecule has 0 saturated carbocycles. The number of aromatic nitrogens is 1. The first kappa shape index (κ1) is 13.4. The third-order valence-corrected chi connectivity index (χ3v) is 3.28. The summed E-state index contributed by atoms with van der Waals surface area (Å²) in [5.74, 6) is -0.209. The predicted octanol–water partition coefficient (Wildman–Crippen LogP) is 2.74. The van der Waals surface area contributed by atoms with Gasteiger partial charge in [-0.1, -0.05) is 0 Å². The van der Waals surface area contributed by atoms with Gasteiger partial charge in [0, 0.05) is 11.4 Å². The van der Waals surface area contributed by atoms with Crippen LogP contribution in [-0.4, -0.2) is 23.2 Å². The molecule has 100 valence electrons. The second-order valence-corrected chi connectivity index (χ2v) is 4.88. The molecule has 1 heterocycles. The molecule has 6 heteroatoms. The number of nitrogens with zero attached hydrogens (tertiary/aromatic N) is 1. The molecule has 0 aliphatic rings. The van der Waals surface area contributed by atoms with Crippen LogP contribution in [0.4, 0.5) is 0 Å². The number of methoxy groups -OCH3 is 1. The lowest BCUT2D eigenvalue weighted by Crippen LogP contribution is -2.04. The summed E-state index contributed by atoms with van der Waals surface area (Å²) in [6, 6.07) is 4.61. The summed E-state index contributed by atoms with van der Waals surface area (Å²) in [6.07, 6.45) is 0. The van der Waals surface area contributed by atoms with Crippen LogP contribution in [0.25, 0.3) is 0 Å². The molecule has 2 aromatic rings. The molecule has 1 aromatic carbocycles. The molecular formula is C13H13NO4S. The Kier molecular flexibility index (Phi) is 4.01. The van der Waals surface area contributed by atoms with Crippen molar-refractivity contribution in [2.45, 2.75) is 13.5 Å². The Bertz CT molecular complexity index is 594. The Morgan fingerprint density at radius 3 is 2.84 bits per heavy atom. The van der Waals surface area contributed by atoms with Gasteiger partial charge in [-0.25, -0.2) is 9.78 Å². The minimum atomic E-state index is -1.04. The molecule has 0 spiro atoms. The Labute approximate surface area is 114 Å². The van der Waals surface area contributed by atoms with Gasteiger partial charge < -0.3 is 14.6 Å². The minimum absolute atomic E-state index is 0.104. The monoisotopic (exact) mass is 279 g/mol. The SMILES string of the molecule is COc1ccc(C(=O)O)c(OCc2csc(C)n2)c1. The highest BCUT2D eigenvalue weighted by Gasteiger charge is 2.13. The molecule has 0 saturated heterocycles. The van der Waals surface area contributed by atoms with Gasteiger partial charge in [-0.05, 0) is 19.1 Å². The topological polar surface area (TPSA) is 68.7 Å². The zero-order valence-corrected chi connectivity index (χ0v) is 11.4. The summed E-state index contributed by atoms with van der Waals surface area (Å²) in [5, 5.41) is 11.9. The number of carboxylic acid groups (broad SMARTS) is 1. The number of rotatable bonds is 5. The van der Waals surface area contributed by atoms with E-state index in [4.69, 9.17) is 14.6 Å². The van der Waals surface area contributed by atoms with Crippen molar-refractivity contribution in [3.63, 3.8) is 0 Å². The van der Waals surface area contributed by atoms with Gasteiger partial charge in [0.2, 0.25) is 0 Å². The van der Waals surface area contributed by atoms with Crippen LogP contribution in [-0.2, 0) is 6.61 Å². The fourth-order valence-electron chi connectivity index (χ4n) is 1.55. The van der Waals surface area contributed by atoms with Crippen molar-refractivity contribution in [1.82, 2.24) is 4.98 Å². The number of hydrogen-bond donors (Lipinski definition) is 1. The summed E-state index contributed by atoms with van der Waals surface area (Å²) in [4.78, 5) is 15.4. The fourth-order valence-corrected chi connectivity index (χ4v) is 2.15. The molecule has 2 rings (SSSR count). The van der Waals surface area contributed by atoms with Crippen LogP contribution >= 0.6 is 11.3 Å². The first-order valence-corrected chi connectivity index (χ1v) is 6.43. The number of aromatic carboxylic acids is 1. The van der Waals surface area contributed by atoms with Crippen LogP contribution in [0, 0.1) is 6.92 Å². The van der Waals surface area contributed by atoms with Crippen LogP contribution < -0.4 is 9.47 Å². The molecule has 5 nitrogen and oxygen atoms in total. The van der Waals surface area contributed by atoms with Crippen molar-refractivity contribution in [1.29, 1.82) is 0 Å². The minimum Gasteiger partial charge on any atom is -0.497 e. The summed E-state index contributed by atoms with van der Waals surface area (Å²) in [5.41, 5.74) is 0.884.